The first-order valence-electron chi connectivity index (χ1n) is 4.04. The van der Waals surface area contributed by atoms with Crippen molar-refractivity contribution < 1.29 is 26.3 Å². The SMILES string of the molecule is N#Cc1nc(N)c(OC(F)(F)F)cc1S(N)(=O)=O. The highest BCUT2D eigenvalue weighted by molar-refractivity contribution is 7.89. The largest absolute Gasteiger partial charge is 0.573 e. The topological polar surface area (TPSA) is 132 Å². The molecular weight excluding hydrogens is 277 g/mol. The zero-order chi connectivity index (χ0) is 14.1. The van der Waals surface area contributed by atoms with E-state index in [1.807, 2.05) is 0 Å². The predicted molar refractivity (Wildman–Crippen MR) is 51.4 cm³/mol. The first kappa shape index (κ1) is 14.0. The zero-order valence-corrected chi connectivity index (χ0v) is 9.21. The quantitative estimate of drug-likeness (QED) is 0.789. The second-order valence-corrected chi connectivity index (χ2v) is 4.45. The Hall–Kier alpha value is -2.06. The number of nitrogen functional groups attached to an aromatic ring is 1. The minimum absolute atomic E-state index is 0.393. The molecule has 0 saturated carbocycles. The molecule has 0 atom stereocenters. The minimum atomic E-state index is -5.08. The molecule has 1 heterocycles. The van der Waals surface area contributed by atoms with Crippen molar-refractivity contribution in [3.8, 4) is 11.8 Å². The minimum Gasteiger partial charge on any atom is -0.402 e. The van der Waals surface area contributed by atoms with Crippen LogP contribution >= 0.6 is 0 Å². The molecule has 1 rings (SSSR count). The van der Waals surface area contributed by atoms with Gasteiger partial charge < -0.3 is 10.5 Å². The van der Waals surface area contributed by atoms with Gasteiger partial charge in [-0.15, -0.1) is 13.2 Å². The number of pyridine rings is 1. The van der Waals surface area contributed by atoms with Crippen molar-refractivity contribution in [1.82, 2.24) is 4.98 Å². The van der Waals surface area contributed by atoms with Crippen molar-refractivity contribution in [3.63, 3.8) is 0 Å². The first-order valence-corrected chi connectivity index (χ1v) is 5.58. The third-order valence-corrected chi connectivity index (χ3v) is 2.54. The van der Waals surface area contributed by atoms with Crippen molar-refractivity contribution in [1.29, 1.82) is 5.26 Å². The normalized spacial score (nSPS) is 11.9. The number of nitrogens with two attached hydrogens (primary N) is 2. The van der Waals surface area contributed by atoms with Crippen LogP contribution in [0.4, 0.5) is 19.0 Å². The van der Waals surface area contributed by atoms with Gasteiger partial charge in [0.25, 0.3) is 0 Å². The van der Waals surface area contributed by atoms with Crippen LogP contribution in [0.25, 0.3) is 0 Å². The number of nitriles is 1. The van der Waals surface area contributed by atoms with Gasteiger partial charge >= 0.3 is 6.36 Å². The van der Waals surface area contributed by atoms with Gasteiger partial charge in [-0.2, -0.15) is 5.26 Å². The van der Waals surface area contributed by atoms with Gasteiger partial charge in [0.15, 0.2) is 17.3 Å². The zero-order valence-electron chi connectivity index (χ0n) is 8.39. The molecule has 98 valence electrons. The average molecular weight is 282 g/mol. The van der Waals surface area contributed by atoms with E-state index in [2.05, 4.69) is 9.72 Å². The van der Waals surface area contributed by atoms with Crippen molar-refractivity contribution in [3.05, 3.63) is 11.8 Å². The smallest absolute Gasteiger partial charge is 0.402 e. The van der Waals surface area contributed by atoms with Crippen LogP contribution in [0.3, 0.4) is 0 Å². The lowest BCUT2D eigenvalue weighted by Crippen LogP contribution is -2.20. The van der Waals surface area contributed by atoms with E-state index >= 15 is 0 Å². The fourth-order valence-corrected chi connectivity index (χ4v) is 1.63. The van der Waals surface area contributed by atoms with Crippen LogP contribution < -0.4 is 15.6 Å². The molecule has 1 aromatic heterocycles. The number of sulfonamides is 1. The van der Waals surface area contributed by atoms with Gasteiger partial charge in [0.1, 0.15) is 11.0 Å². The molecule has 0 spiro atoms. The van der Waals surface area contributed by atoms with Crippen molar-refractivity contribution in [2.45, 2.75) is 11.3 Å². The summed E-state index contributed by atoms with van der Waals surface area (Å²) < 4.78 is 61.5. The van der Waals surface area contributed by atoms with Gasteiger partial charge in [-0.1, -0.05) is 0 Å². The lowest BCUT2D eigenvalue weighted by molar-refractivity contribution is -0.274. The highest BCUT2D eigenvalue weighted by atomic mass is 32.2. The van der Waals surface area contributed by atoms with Gasteiger partial charge in [-0.05, 0) is 0 Å². The highest BCUT2D eigenvalue weighted by Gasteiger charge is 2.33. The summed E-state index contributed by atoms with van der Waals surface area (Å²) in [5.74, 6) is -1.83. The fourth-order valence-electron chi connectivity index (χ4n) is 0.995. The monoisotopic (exact) mass is 282 g/mol. The molecule has 0 amide bonds. The molecule has 0 aliphatic heterocycles. The standard InChI is InChI=1S/C7H5F3N4O3S/c8-7(9,10)17-4-1-5(18(13,15)16)3(2-11)14-6(4)12/h1H,(H2,12,14)(H2,13,15,16). The van der Waals surface area contributed by atoms with Crippen LogP contribution in [0.5, 0.6) is 5.75 Å². The predicted octanol–water partition coefficient (Wildman–Crippen LogP) is 0.0815. The van der Waals surface area contributed by atoms with Gasteiger partial charge in [-0.25, -0.2) is 18.5 Å². The average Bonchev–Trinajstić information content (AvgIpc) is 2.16. The van der Waals surface area contributed by atoms with E-state index in [1.165, 1.54) is 6.07 Å². The van der Waals surface area contributed by atoms with Gasteiger partial charge in [0, 0.05) is 6.07 Å². The molecule has 18 heavy (non-hydrogen) atoms. The van der Waals surface area contributed by atoms with E-state index in [-0.39, 0.29) is 0 Å². The Bertz CT molecular complexity index is 620. The highest BCUT2D eigenvalue weighted by Crippen LogP contribution is 2.30. The van der Waals surface area contributed by atoms with Gasteiger partial charge in [0.2, 0.25) is 10.0 Å². The molecule has 7 nitrogen and oxygen atoms in total. The molecule has 0 aromatic carbocycles. The molecule has 1 aromatic rings. The molecule has 0 unspecified atom stereocenters. The van der Waals surface area contributed by atoms with Crippen molar-refractivity contribution in [2.75, 3.05) is 5.73 Å². The van der Waals surface area contributed by atoms with Gasteiger partial charge in [-0.3, -0.25) is 0 Å². The number of halogens is 3. The lowest BCUT2D eigenvalue weighted by atomic mass is 10.3. The summed E-state index contributed by atoms with van der Waals surface area (Å²) in [7, 11) is -4.43. The first-order chi connectivity index (χ1) is 8.04. The van der Waals surface area contributed by atoms with E-state index < -0.39 is 38.5 Å². The Morgan fingerprint density at radius 2 is 2.00 bits per heavy atom. The third-order valence-electron chi connectivity index (χ3n) is 1.62. The Morgan fingerprint density at radius 1 is 1.44 bits per heavy atom. The molecule has 0 bridgehead atoms. The van der Waals surface area contributed by atoms with Crippen LogP contribution in [0.15, 0.2) is 11.0 Å². The van der Waals surface area contributed by atoms with Gasteiger partial charge in [0.05, 0.1) is 0 Å². The number of ether oxygens (including phenoxy) is 1. The van der Waals surface area contributed by atoms with E-state index in [9.17, 15) is 21.6 Å². The number of hydrogen-bond acceptors (Lipinski definition) is 6. The molecule has 4 N–H and O–H groups in total. The van der Waals surface area contributed by atoms with E-state index in [0.717, 1.165) is 0 Å². The number of hydrogen-bond donors (Lipinski definition) is 2. The molecule has 0 aliphatic rings. The summed E-state index contributed by atoms with van der Waals surface area (Å²) in [6.07, 6.45) is -5.08. The summed E-state index contributed by atoms with van der Waals surface area (Å²) in [6.45, 7) is 0. The van der Waals surface area contributed by atoms with E-state index in [0.29, 0.717) is 6.07 Å². The second-order valence-electron chi connectivity index (χ2n) is 2.92. The Balaban J connectivity index is 3.46. The molecule has 0 fully saturated rings. The maximum atomic E-state index is 12.0. The second kappa shape index (κ2) is 4.31. The summed E-state index contributed by atoms with van der Waals surface area (Å²) >= 11 is 0. The summed E-state index contributed by atoms with van der Waals surface area (Å²) in [5.41, 5.74) is 4.38. The molecule has 0 radical (unpaired) electrons. The Morgan fingerprint density at radius 3 is 2.39 bits per heavy atom. The van der Waals surface area contributed by atoms with Crippen LogP contribution in [-0.4, -0.2) is 19.8 Å². The lowest BCUT2D eigenvalue weighted by Gasteiger charge is -2.11. The van der Waals surface area contributed by atoms with Crippen LogP contribution in [0, 0.1) is 11.3 Å². The number of alkyl halides is 3. The molecule has 0 aliphatic carbocycles. The molecular formula is C7H5F3N4O3S. The van der Waals surface area contributed by atoms with Crippen molar-refractivity contribution >= 4 is 15.8 Å². The number of rotatable bonds is 2. The fraction of sp³-hybridized carbons (Fsp3) is 0.143. The number of primary sulfonamides is 1. The summed E-state index contributed by atoms with van der Waals surface area (Å²) in [6, 6.07) is 1.74. The molecule has 0 saturated heterocycles. The molecule has 11 heteroatoms. The van der Waals surface area contributed by atoms with Crippen LogP contribution in [0.2, 0.25) is 0 Å². The van der Waals surface area contributed by atoms with Crippen LogP contribution in [0.1, 0.15) is 5.69 Å². The van der Waals surface area contributed by atoms with Crippen LogP contribution in [-0.2, 0) is 10.0 Å². The maximum Gasteiger partial charge on any atom is 0.573 e. The van der Waals surface area contributed by atoms with E-state index in [1.54, 1.807) is 0 Å². The third kappa shape index (κ3) is 3.22. The summed E-state index contributed by atoms with van der Waals surface area (Å²) in [5, 5.41) is 13.3. The Labute approximate surface area is 98.8 Å². The van der Waals surface area contributed by atoms with Crippen molar-refractivity contribution in [2.24, 2.45) is 5.14 Å². The number of anilines is 1. The Kier molecular flexibility index (Phi) is 3.36. The van der Waals surface area contributed by atoms with E-state index in [4.69, 9.17) is 16.1 Å². The number of nitrogens with zero attached hydrogens (tertiary/aromatic N) is 2. The number of aromatic nitrogens is 1. The summed E-state index contributed by atoms with van der Waals surface area (Å²) in [4.78, 5) is 2.27. The maximum absolute atomic E-state index is 12.0.